The lowest BCUT2D eigenvalue weighted by Crippen LogP contribution is -2.33. The zero-order valence-electron chi connectivity index (χ0n) is 16.6. The first-order valence-corrected chi connectivity index (χ1v) is 10.5. The number of nitrogens with one attached hydrogen (secondary N) is 2. The van der Waals surface area contributed by atoms with Crippen molar-refractivity contribution in [2.75, 3.05) is 19.7 Å². The van der Waals surface area contributed by atoms with Crippen LogP contribution in [0.2, 0.25) is 0 Å². The predicted octanol–water partition coefficient (Wildman–Crippen LogP) is 3.25. The fraction of sp³-hybridized carbons (Fsp3) is 0.429. The van der Waals surface area contributed by atoms with Gasteiger partial charge in [-0.05, 0) is 55.8 Å². The van der Waals surface area contributed by atoms with E-state index in [1.54, 1.807) is 11.3 Å². The molecule has 1 unspecified atom stereocenters. The fourth-order valence-electron chi connectivity index (χ4n) is 2.68. The van der Waals surface area contributed by atoms with Crippen molar-refractivity contribution in [2.45, 2.75) is 39.2 Å². The third-order valence-electron chi connectivity index (χ3n) is 4.17. The van der Waals surface area contributed by atoms with Gasteiger partial charge in [-0.25, -0.2) is 0 Å². The van der Waals surface area contributed by atoms with E-state index in [1.807, 2.05) is 44.2 Å². The van der Waals surface area contributed by atoms with Crippen LogP contribution in [0.1, 0.15) is 43.2 Å². The molecule has 1 amide bonds. The average Bonchev–Trinajstić information content (AvgIpc) is 3.19. The summed E-state index contributed by atoms with van der Waals surface area (Å²) in [6.07, 6.45) is 2.02. The van der Waals surface area contributed by atoms with Crippen LogP contribution in [-0.2, 0) is 11.2 Å². The topological polar surface area (TPSA) is 88.7 Å². The minimum Gasteiger partial charge on any atom is -0.494 e. The van der Waals surface area contributed by atoms with Crippen LogP contribution in [0.5, 0.6) is 5.75 Å². The molecule has 4 N–H and O–H groups in total. The molecule has 6 nitrogen and oxygen atoms in total. The van der Waals surface area contributed by atoms with Gasteiger partial charge in [-0.3, -0.25) is 9.79 Å². The number of rotatable bonds is 11. The normalized spacial score (nSPS) is 12.4. The lowest BCUT2D eigenvalue weighted by atomic mass is 10.1. The second-order valence-corrected chi connectivity index (χ2v) is 7.45. The number of thiophene rings is 1. The first kappa shape index (κ1) is 21.8. The fourth-order valence-corrected chi connectivity index (χ4v) is 3.39. The van der Waals surface area contributed by atoms with Gasteiger partial charge in [0.25, 0.3) is 0 Å². The molecule has 2 aromatic rings. The summed E-state index contributed by atoms with van der Waals surface area (Å²) >= 11 is 1.73. The van der Waals surface area contributed by atoms with Crippen molar-refractivity contribution < 1.29 is 9.53 Å². The summed E-state index contributed by atoms with van der Waals surface area (Å²) in [5, 5.41) is 8.18. The Hall–Kier alpha value is -2.54. The monoisotopic (exact) mass is 402 g/mol. The van der Waals surface area contributed by atoms with Crippen molar-refractivity contribution in [3.63, 3.8) is 0 Å². The van der Waals surface area contributed by atoms with Crippen molar-refractivity contribution in [1.82, 2.24) is 10.6 Å². The van der Waals surface area contributed by atoms with Crippen molar-refractivity contribution in [3.05, 3.63) is 52.2 Å². The number of ether oxygens (including phenoxy) is 1. The molecule has 28 heavy (non-hydrogen) atoms. The van der Waals surface area contributed by atoms with E-state index in [2.05, 4.69) is 27.1 Å². The lowest BCUT2D eigenvalue weighted by molar-refractivity contribution is -0.121. The molecule has 0 radical (unpaired) electrons. The Morgan fingerprint density at radius 2 is 2.07 bits per heavy atom. The molecule has 1 heterocycles. The second kappa shape index (κ2) is 12.0. The van der Waals surface area contributed by atoms with Gasteiger partial charge in [0.05, 0.1) is 12.6 Å². The zero-order valence-corrected chi connectivity index (χ0v) is 17.4. The SMILES string of the molecule is CCOc1ccc(C(C)NC(=O)CCCN=C(N)NCCc2cccs2)cc1. The smallest absolute Gasteiger partial charge is 0.220 e. The number of benzene rings is 1. The number of carbonyl (C=O) groups excluding carboxylic acids is 1. The van der Waals surface area contributed by atoms with Crippen LogP contribution in [0.25, 0.3) is 0 Å². The molecule has 0 saturated heterocycles. The first-order valence-electron chi connectivity index (χ1n) is 9.66. The Morgan fingerprint density at radius 3 is 2.75 bits per heavy atom. The molecule has 1 aromatic carbocycles. The van der Waals surface area contributed by atoms with Crippen molar-refractivity contribution in [2.24, 2.45) is 10.7 Å². The summed E-state index contributed by atoms with van der Waals surface area (Å²) in [7, 11) is 0. The number of nitrogens with zero attached hydrogens (tertiary/aromatic N) is 1. The standard InChI is InChI=1S/C21H30N4O2S/c1-3-27-18-10-8-17(9-11-18)16(2)25-20(26)7-4-13-23-21(22)24-14-12-19-6-5-15-28-19/h5-6,8-11,15-16H,3-4,7,12-14H2,1-2H3,(H,25,26)(H3,22,23,24). The molecule has 1 aromatic heterocycles. The highest BCUT2D eigenvalue weighted by molar-refractivity contribution is 7.09. The maximum atomic E-state index is 12.1. The number of carbonyl (C=O) groups is 1. The maximum Gasteiger partial charge on any atom is 0.220 e. The van der Waals surface area contributed by atoms with Gasteiger partial charge in [-0.1, -0.05) is 18.2 Å². The van der Waals surface area contributed by atoms with Gasteiger partial charge in [-0.2, -0.15) is 0 Å². The molecule has 152 valence electrons. The van der Waals surface area contributed by atoms with E-state index in [-0.39, 0.29) is 11.9 Å². The van der Waals surface area contributed by atoms with Crippen LogP contribution in [0.3, 0.4) is 0 Å². The Balaban J connectivity index is 1.61. The largest absolute Gasteiger partial charge is 0.494 e. The minimum absolute atomic E-state index is 0.0146. The molecule has 0 spiro atoms. The van der Waals surface area contributed by atoms with Crippen LogP contribution in [0.15, 0.2) is 46.8 Å². The number of hydrogen-bond donors (Lipinski definition) is 3. The van der Waals surface area contributed by atoms with Gasteiger partial charge in [-0.15, -0.1) is 11.3 Å². The molecular weight excluding hydrogens is 372 g/mol. The molecule has 0 aliphatic heterocycles. The van der Waals surface area contributed by atoms with Gasteiger partial charge in [0, 0.05) is 24.4 Å². The summed E-state index contributed by atoms with van der Waals surface area (Å²) in [6.45, 7) is 5.86. The minimum atomic E-state index is -0.0457. The van der Waals surface area contributed by atoms with Gasteiger partial charge in [0.2, 0.25) is 5.91 Å². The highest BCUT2D eigenvalue weighted by atomic mass is 32.1. The van der Waals surface area contributed by atoms with E-state index in [0.29, 0.717) is 32.0 Å². The number of aliphatic imine (C=N–C) groups is 1. The number of guanidine groups is 1. The van der Waals surface area contributed by atoms with E-state index in [9.17, 15) is 4.79 Å². The molecule has 0 aliphatic carbocycles. The van der Waals surface area contributed by atoms with E-state index < -0.39 is 0 Å². The van der Waals surface area contributed by atoms with E-state index >= 15 is 0 Å². The zero-order chi connectivity index (χ0) is 20.2. The van der Waals surface area contributed by atoms with Crippen LogP contribution in [0, 0.1) is 0 Å². The Morgan fingerprint density at radius 1 is 1.29 bits per heavy atom. The van der Waals surface area contributed by atoms with Gasteiger partial charge in [0.1, 0.15) is 5.75 Å². The maximum absolute atomic E-state index is 12.1. The highest BCUT2D eigenvalue weighted by Gasteiger charge is 2.09. The van der Waals surface area contributed by atoms with Crippen molar-refractivity contribution in [3.8, 4) is 5.75 Å². The van der Waals surface area contributed by atoms with Crippen molar-refractivity contribution >= 4 is 23.2 Å². The summed E-state index contributed by atoms with van der Waals surface area (Å²) in [5.74, 6) is 1.28. The van der Waals surface area contributed by atoms with E-state index in [4.69, 9.17) is 10.5 Å². The Bertz CT molecular complexity index is 729. The second-order valence-electron chi connectivity index (χ2n) is 6.42. The Kier molecular flexibility index (Phi) is 9.34. The van der Waals surface area contributed by atoms with Crippen LogP contribution >= 0.6 is 11.3 Å². The predicted molar refractivity (Wildman–Crippen MR) is 116 cm³/mol. The molecule has 0 fully saturated rings. The molecular formula is C21H30N4O2S. The van der Waals surface area contributed by atoms with E-state index in [0.717, 1.165) is 24.3 Å². The number of amides is 1. The number of nitrogens with two attached hydrogens (primary N) is 1. The van der Waals surface area contributed by atoms with Crippen molar-refractivity contribution in [1.29, 1.82) is 0 Å². The summed E-state index contributed by atoms with van der Waals surface area (Å²) in [4.78, 5) is 17.7. The van der Waals surface area contributed by atoms with Crippen LogP contribution in [0.4, 0.5) is 0 Å². The van der Waals surface area contributed by atoms with Gasteiger partial charge < -0.3 is 21.1 Å². The third-order valence-corrected chi connectivity index (χ3v) is 5.11. The molecule has 0 bridgehead atoms. The van der Waals surface area contributed by atoms with Gasteiger partial charge >= 0.3 is 0 Å². The average molecular weight is 403 g/mol. The third kappa shape index (κ3) is 8.00. The molecule has 2 rings (SSSR count). The lowest BCUT2D eigenvalue weighted by Gasteiger charge is -2.15. The summed E-state index contributed by atoms with van der Waals surface area (Å²) < 4.78 is 5.44. The summed E-state index contributed by atoms with van der Waals surface area (Å²) in [6, 6.07) is 11.9. The number of hydrogen-bond acceptors (Lipinski definition) is 4. The molecule has 1 atom stereocenters. The van der Waals surface area contributed by atoms with Gasteiger partial charge in [0.15, 0.2) is 5.96 Å². The highest BCUT2D eigenvalue weighted by Crippen LogP contribution is 2.17. The van der Waals surface area contributed by atoms with E-state index in [1.165, 1.54) is 4.88 Å². The molecule has 0 saturated carbocycles. The van der Waals surface area contributed by atoms with Crippen LogP contribution < -0.4 is 21.1 Å². The molecule has 0 aliphatic rings. The Labute approximate surface area is 171 Å². The molecule has 7 heteroatoms. The van der Waals surface area contributed by atoms with Crippen LogP contribution in [-0.4, -0.2) is 31.6 Å². The quantitative estimate of drug-likeness (QED) is 0.306. The summed E-state index contributed by atoms with van der Waals surface area (Å²) in [5.41, 5.74) is 6.90. The first-order chi connectivity index (χ1) is 13.6.